The third-order valence-corrected chi connectivity index (χ3v) is 4.89. The van der Waals surface area contributed by atoms with E-state index in [1.54, 1.807) is 29.2 Å². The molecular formula is C24H22N6O. The van der Waals surface area contributed by atoms with Crippen molar-refractivity contribution in [3.63, 3.8) is 0 Å². The highest BCUT2D eigenvalue weighted by Gasteiger charge is 2.17. The summed E-state index contributed by atoms with van der Waals surface area (Å²) in [5.74, 6) is 1.12. The molecule has 0 atom stereocenters. The Morgan fingerprint density at radius 2 is 1.87 bits per heavy atom. The summed E-state index contributed by atoms with van der Waals surface area (Å²) in [6, 6.07) is 17.6. The van der Waals surface area contributed by atoms with E-state index in [0.29, 0.717) is 30.3 Å². The fourth-order valence-corrected chi connectivity index (χ4v) is 3.41. The monoisotopic (exact) mass is 410 g/mol. The van der Waals surface area contributed by atoms with Crippen molar-refractivity contribution in [2.75, 3.05) is 0 Å². The first-order valence-corrected chi connectivity index (χ1v) is 10.2. The minimum absolute atomic E-state index is 0.450. The molecule has 4 aromatic rings. The number of benzene rings is 1. The molecule has 0 aliphatic rings. The number of nitriles is 1. The van der Waals surface area contributed by atoms with E-state index in [1.807, 2.05) is 36.4 Å². The normalized spacial score (nSPS) is 10.6. The molecule has 7 nitrogen and oxygen atoms in total. The van der Waals surface area contributed by atoms with E-state index in [2.05, 4.69) is 33.0 Å². The number of pyridine rings is 1. The van der Waals surface area contributed by atoms with Crippen LogP contribution in [0.15, 0.2) is 67.3 Å². The molecule has 0 aliphatic carbocycles. The molecule has 0 bridgehead atoms. The van der Waals surface area contributed by atoms with Gasteiger partial charge in [-0.3, -0.25) is 0 Å². The van der Waals surface area contributed by atoms with Crippen molar-refractivity contribution in [1.82, 2.24) is 24.7 Å². The molecule has 0 aliphatic heterocycles. The third-order valence-electron chi connectivity index (χ3n) is 4.89. The van der Waals surface area contributed by atoms with Crippen molar-refractivity contribution in [1.29, 1.82) is 5.26 Å². The van der Waals surface area contributed by atoms with Crippen molar-refractivity contribution in [2.24, 2.45) is 0 Å². The average molecular weight is 410 g/mol. The van der Waals surface area contributed by atoms with Crippen molar-refractivity contribution < 1.29 is 4.74 Å². The van der Waals surface area contributed by atoms with Crippen molar-refractivity contribution >= 4 is 0 Å². The quantitative estimate of drug-likeness (QED) is 0.435. The summed E-state index contributed by atoms with van der Waals surface area (Å²) in [5, 5.41) is 13.8. The first-order chi connectivity index (χ1) is 15.3. The Hall–Kier alpha value is -4.05. The molecule has 4 rings (SSSR count). The summed E-state index contributed by atoms with van der Waals surface area (Å²) < 4.78 is 7.75. The smallest absolute Gasteiger partial charge is 0.220 e. The molecule has 0 saturated heterocycles. The lowest BCUT2D eigenvalue weighted by atomic mass is 10.1. The van der Waals surface area contributed by atoms with Gasteiger partial charge in [0.05, 0.1) is 17.0 Å². The summed E-state index contributed by atoms with van der Waals surface area (Å²) in [7, 11) is 0. The Balaban J connectivity index is 1.64. The predicted molar refractivity (Wildman–Crippen MR) is 116 cm³/mol. The van der Waals surface area contributed by atoms with E-state index in [-0.39, 0.29) is 0 Å². The summed E-state index contributed by atoms with van der Waals surface area (Å²) in [5.41, 5.74) is 4.32. The lowest BCUT2D eigenvalue weighted by molar-refractivity contribution is 0.289. The van der Waals surface area contributed by atoms with Gasteiger partial charge in [0.25, 0.3) is 0 Å². The largest absolute Gasteiger partial charge is 0.473 e. The average Bonchev–Trinajstić information content (AvgIpc) is 3.28. The van der Waals surface area contributed by atoms with Crippen LogP contribution in [-0.4, -0.2) is 24.7 Å². The first-order valence-electron chi connectivity index (χ1n) is 10.2. The van der Waals surface area contributed by atoms with Crippen LogP contribution in [0.3, 0.4) is 0 Å². The second-order valence-electron chi connectivity index (χ2n) is 7.03. The lowest BCUT2D eigenvalue weighted by Crippen LogP contribution is -2.10. The van der Waals surface area contributed by atoms with Gasteiger partial charge in [-0.15, -0.1) is 0 Å². The van der Waals surface area contributed by atoms with Crippen LogP contribution in [-0.2, 0) is 19.4 Å². The van der Waals surface area contributed by atoms with E-state index in [9.17, 15) is 5.26 Å². The van der Waals surface area contributed by atoms with Gasteiger partial charge in [0.2, 0.25) is 5.88 Å². The molecule has 7 heteroatoms. The van der Waals surface area contributed by atoms with Gasteiger partial charge in [-0.2, -0.15) is 10.4 Å². The van der Waals surface area contributed by atoms with Gasteiger partial charge in [-0.1, -0.05) is 43.7 Å². The molecule has 3 aromatic heterocycles. The van der Waals surface area contributed by atoms with Crippen molar-refractivity contribution in [3.05, 3.63) is 95.3 Å². The van der Waals surface area contributed by atoms with Crippen molar-refractivity contribution in [2.45, 2.75) is 32.8 Å². The second kappa shape index (κ2) is 9.63. The van der Waals surface area contributed by atoms with Gasteiger partial charge in [-0.25, -0.2) is 19.6 Å². The molecule has 1 aromatic carbocycles. The Bertz CT molecular complexity index is 1200. The maximum absolute atomic E-state index is 9.43. The van der Waals surface area contributed by atoms with E-state index >= 15 is 0 Å². The lowest BCUT2D eigenvalue weighted by Gasteiger charge is -2.14. The van der Waals surface area contributed by atoms with Gasteiger partial charge >= 0.3 is 0 Å². The molecule has 0 saturated carbocycles. The minimum atomic E-state index is 0.450. The summed E-state index contributed by atoms with van der Waals surface area (Å²) in [6.45, 7) is 2.57. The Morgan fingerprint density at radius 3 is 2.68 bits per heavy atom. The molecule has 0 spiro atoms. The summed E-state index contributed by atoms with van der Waals surface area (Å²) in [6.07, 6.45) is 7.18. The number of rotatable bonds is 8. The van der Waals surface area contributed by atoms with Crippen LogP contribution in [0.2, 0.25) is 0 Å². The zero-order valence-corrected chi connectivity index (χ0v) is 17.3. The van der Waals surface area contributed by atoms with Gasteiger partial charge in [0.15, 0.2) is 5.82 Å². The topological polar surface area (TPSA) is 89.5 Å². The summed E-state index contributed by atoms with van der Waals surface area (Å²) >= 11 is 0. The summed E-state index contributed by atoms with van der Waals surface area (Å²) in [4.78, 5) is 13.3. The third kappa shape index (κ3) is 4.59. The number of ether oxygens (including phenoxy) is 1. The molecular weight excluding hydrogens is 388 g/mol. The molecule has 3 heterocycles. The van der Waals surface area contributed by atoms with Gasteiger partial charge in [-0.05, 0) is 30.2 Å². The maximum Gasteiger partial charge on any atom is 0.220 e. The van der Waals surface area contributed by atoms with Gasteiger partial charge < -0.3 is 4.74 Å². The van der Waals surface area contributed by atoms with Crippen LogP contribution in [0, 0.1) is 11.3 Å². The van der Waals surface area contributed by atoms with Crippen LogP contribution in [0.4, 0.5) is 0 Å². The maximum atomic E-state index is 9.43. The van der Waals surface area contributed by atoms with E-state index in [0.717, 1.165) is 35.4 Å². The molecule has 0 unspecified atom stereocenters. The fraction of sp³-hybridized carbons (Fsp3) is 0.208. The SMILES string of the molecule is CCCc1c(Cc2ccnn2-c2ncccc2C#N)ncnc1OCc1ccccc1. The first kappa shape index (κ1) is 20.2. The highest BCUT2D eigenvalue weighted by Crippen LogP contribution is 2.24. The highest BCUT2D eigenvalue weighted by atomic mass is 16.5. The molecule has 0 radical (unpaired) electrons. The van der Waals surface area contributed by atoms with E-state index < -0.39 is 0 Å². The molecule has 0 amide bonds. The molecule has 0 N–H and O–H groups in total. The standard InChI is InChI=1S/C24H22N6O/c1-2-7-21-22(27-17-28-24(21)31-16-18-8-4-3-5-9-18)14-20-11-13-29-30(20)23-19(15-25)10-6-12-26-23/h3-6,8-13,17H,2,7,14,16H2,1H3. The Kier molecular flexibility index (Phi) is 6.29. The van der Waals surface area contributed by atoms with Crippen LogP contribution in [0.1, 0.15) is 41.4 Å². The fourth-order valence-electron chi connectivity index (χ4n) is 3.41. The highest BCUT2D eigenvalue weighted by molar-refractivity contribution is 5.44. The molecule has 154 valence electrons. The van der Waals surface area contributed by atoms with Crippen LogP contribution < -0.4 is 4.74 Å². The van der Waals surface area contributed by atoms with E-state index in [4.69, 9.17) is 4.74 Å². The zero-order chi connectivity index (χ0) is 21.5. The second-order valence-corrected chi connectivity index (χ2v) is 7.03. The van der Waals surface area contributed by atoms with Gasteiger partial charge in [0.1, 0.15) is 19.0 Å². The van der Waals surface area contributed by atoms with Crippen LogP contribution in [0.25, 0.3) is 5.82 Å². The number of hydrogen-bond acceptors (Lipinski definition) is 6. The number of aromatic nitrogens is 5. The van der Waals surface area contributed by atoms with Gasteiger partial charge in [0, 0.05) is 24.4 Å². The van der Waals surface area contributed by atoms with Crippen LogP contribution >= 0.6 is 0 Å². The van der Waals surface area contributed by atoms with Crippen molar-refractivity contribution in [3.8, 4) is 17.8 Å². The zero-order valence-electron chi connectivity index (χ0n) is 17.3. The number of nitrogens with zero attached hydrogens (tertiary/aromatic N) is 6. The molecule has 31 heavy (non-hydrogen) atoms. The predicted octanol–water partition coefficient (Wildman–Crippen LogP) is 4.05. The van der Waals surface area contributed by atoms with E-state index in [1.165, 1.54) is 6.33 Å². The Labute approximate surface area is 181 Å². The van der Waals surface area contributed by atoms with Crippen LogP contribution in [0.5, 0.6) is 5.88 Å². The minimum Gasteiger partial charge on any atom is -0.473 e. The molecule has 0 fully saturated rings. The number of hydrogen-bond donors (Lipinski definition) is 0. The Morgan fingerprint density at radius 1 is 1.00 bits per heavy atom.